The molecule has 3 rings (SSSR count). The molecule has 3 aromatic rings. The van der Waals surface area contributed by atoms with Crippen LogP contribution in [-0.2, 0) is 29.0 Å². The van der Waals surface area contributed by atoms with Gasteiger partial charge in [0, 0.05) is 25.4 Å². The van der Waals surface area contributed by atoms with Crippen LogP contribution in [0.4, 0.5) is 4.39 Å². The average molecular weight is 477 g/mol. The summed E-state index contributed by atoms with van der Waals surface area (Å²) in [6.45, 7) is 4.31. The van der Waals surface area contributed by atoms with E-state index >= 15 is 0 Å². The SMILES string of the molecule is COc1ccc(CCNC(=O)C(Cc2ccccc2)N(Cc2ccc(F)cc2)C(=O)C(C)C)cc1. The third kappa shape index (κ3) is 7.67. The van der Waals surface area contributed by atoms with Gasteiger partial charge in [-0.2, -0.15) is 0 Å². The van der Waals surface area contributed by atoms with E-state index in [0.29, 0.717) is 19.4 Å². The Morgan fingerprint density at radius 2 is 1.51 bits per heavy atom. The van der Waals surface area contributed by atoms with Crippen molar-refractivity contribution in [2.24, 2.45) is 5.92 Å². The van der Waals surface area contributed by atoms with E-state index in [9.17, 15) is 14.0 Å². The number of benzene rings is 3. The van der Waals surface area contributed by atoms with E-state index in [4.69, 9.17) is 4.74 Å². The van der Waals surface area contributed by atoms with Crippen molar-refractivity contribution in [3.63, 3.8) is 0 Å². The van der Waals surface area contributed by atoms with Crippen LogP contribution in [0.2, 0.25) is 0 Å². The summed E-state index contributed by atoms with van der Waals surface area (Å²) in [6.07, 6.45) is 1.04. The summed E-state index contributed by atoms with van der Waals surface area (Å²) in [7, 11) is 1.62. The molecule has 1 unspecified atom stereocenters. The fraction of sp³-hybridized carbons (Fsp3) is 0.310. The van der Waals surface area contributed by atoms with Crippen LogP contribution in [0.3, 0.4) is 0 Å². The van der Waals surface area contributed by atoms with E-state index in [1.54, 1.807) is 24.1 Å². The fourth-order valence-corrected chi connectivity index (χ4v) is 3.88. The smallest absolute Gasteiger partial charge is 0.243 e. The lowest BCUT2D eigenvalue weighted by Crippen LogP contribution is -2.51. The van der Waals surface area contributed by atoms with Crippen molar-refractivity contribution < 1.29 is 18.7 Å². The van der Waals surface area contributed by atoms with Crippen LogP contribution in [0, 0.1) is 11.7 Å². The topological polar surface area (TPSA) is 58.6 Å². The van der Waals surface area contributed by atoms with Crippen molar-refractivity contribution in [2.45, 2.75) is 39.3 Å². The van der Waals surface area contributed by atoms with Gasteiger partial charge in [-0.05, 0) is 47.4 Å². The number of methoxy groups -OCH3 is 1. The summed E-state index contributed by atoms with van der Waals surface area (Å²) < 4.78 is 18.7. The molecule has 184 valence electrons. The van der Waals surface area contributed by atoms with Crippen LogP contribution in [0.25, 0.3) is 0 Å². The molecule has 1 N–H and O–H groups in total. The average Bonchev–Trinajstić information content (AvgIpc) is 2.87. The number of nitrogens with zero attached hydrogens (tertiary/aromatic N) is 1. The van der Waals surface area contributed by atoms with Crippen LogP contribution in [0.5, 0.6) is 5.75 Å². The van der Waals surface area contributed by atoms with Crippen molar-refractivity contribution in [3.8, 4) is 5.75 Å². The van der Waals surface area contributed by atoms with E-state index in [0.717, 1.165) is 22.4 Å². The second-order valence-corrected chi connectivity index (χ2v) is 8.84. The number of carbonyl (C=O) groups is 2. The van der Waals surface area contributed by atoms with Gasteiger partial charge < -0.3 is 15.0 Å². The van der Waals surface area contributed by atoms with Gasteiger partial charge in [-0.3, -0.25) is 9.59 Å². The van der Waals surface area contributed by atoms with Gasteiger partial charge in [0.1, 0.15) is 17.6 Å². The largest absolute Gasteiger partial charge is 0.497 e. The predicted molar refractivity (Wildman–Crippen MR) is 135 cm³/mol. The molecule has 35 heavy (non-hydrogen) atoms. The number of halogens is 1. The highest BCUT2D eigenvalue weighted by Crippen LogP contribution is 2.18. The molecule has 0 heterocycles. The molecule has 0 aromatic heterocycles. The quantitative estimate of drug-likeness (QED) is 0.433. The molecule has 0 saturated carbocycles. The maximum Gasteiger partial charge on any atom is 0.243 e. The van der Waals surface area contributed by atoms with Gasteiger partial charge in [0.2, 0.25) is 11.8 Å². The number of ether oxygens (including phenoxy) is 1. The molecule has 0 radical (unpaired) electrons. The molecule has 0 fully saturated rings. The minimum absolute atomic E-state index is 0.124. The Hall–Kier alpha value is -3.67. The molecule has 2 amide bonds. The molecule has 6 heteroatoms. The standard InChI is InChI=1S/C29H33FN2O3/c1-21(2)29(34)32(20-24-9-13-25(30)14-10-24)27(19-23-7-5-4-6-8-23)28(33)31-18-17-22-11-15-26(35-3)16-12-22/h4-16,21,27H,17-20H2,1-3H3,(H,31,33). The summed E-state index contributed by atoms with van der Waals surface area (Å²) in [5, 5.41) is 3.03. The minimum Gasteiger partial charge on any atom is -0.497 e. The van der Waals surface area contributed by atoms with Gasteiger partial charge in [0.15, 0.2) is 0 Å². The normalized spacial score (nSPS) is 11.7. The van der Waals surface area contributed by atoms with Crippen LogP contribution in [-0.4, -0.2) is 36.4 Å². The van der Waals surface area contributed by atoms with E-state index in [1.807, 2.05) is 68.4 Å². The highest BCUT2D eigenvalue weighted by molar-refractivity contribution is 5.88. The molecular weight excluding hydrogens is 443 g/mol. The Kier molecular flexibility index (Phi) is 9.41. The number of amides is 2. The van der Waals surface area contributed by atoms with Gasteiger partial charge in [0.05, 0.1) is 7.11 Å². The van der Waals surface area contributed by atoms with E-state index in [2.05, 4.69) is 5.32 Å². The lowest BCUT2D eigenvalue weighted by molar-refractivity contribution is -0.143. The second-order valence-electron chi connectivity index (χ2n) is 8.84. The van der Waals surface area contributed by atoms with Crippen molar-refractivity contribution in [1.29, 1.82) is 0 Å². The lowest BCUT2D eigenvalue weighted by atomic mass is 10.0. The van der Waals surface area contributed by atoms with Gasteiger partial charge in [0.25, 0.3) is 0 Å². The Labute approximate surface area is 206 Å². The fourth-order valence-electron chi connectivity index (χ4n) is 3.88. The third-order valence-corrected chi connectivity index (χ3v) is 5.87. The van der Waals surface area contributed by atoms with Crippen molar-refractivity contribution >= 4 is 11.8 Å². The third-order valence-electron chi connectivity index (χ3n) is 5.87. The summed E-state index contributed by atoms with van der Waals surface area (Å²) in [4.78, 5) is 28.4. The first-order valence-corrected chi connectivity index (χ1v) is 11.9. The number of carbonyl (C=O) groups excluding carboxylic acids is 2. The highest BCUT2D eigenvalue weighted by atomic mass is 19.1. The molecule has 0 saturated heterocycles. The Morgan fingerprint density at radius 1 is 0.886 bits per heavy atom. The first-order chi connectivity index (χ1) is 16.9. The minimum atomic E-state index is -0.701. The highest BCUT2D eigenvalue weighted by Gasteiger charge is 2.31. The zero-order valence-corrected chi connectivity index (χ0v) is 20.5. The molecule has 0 aliphatic rings. The van der Waals surface area contributed by atoms with E-state index in [-0.39, 0.29) is 30.1 Å². The number of rotatable bonds is 11. The van der Waals surface area contributed by atoms with Gasteiger partial charge in [-0.15, -0.1) is 0 Å². The summed E-state index contributed by atoms with van der Waals surface area (Å²) in [5.41, 5.74) is 2.81. The summed E-state index contributed by atoms with van der Waals surface area (Å²) in [5.74, 6) is -0.184. The molecule has 0 aliphatic heterocycles. The van der Waals surface area contributed by atoms with E-state index < -0.39 is 6.04 Å². The number of nitrogens with one attached hydrogen (secondary N) is 1. The second kappa shape index (κ2) is 12.7. The van der Waals surface area contributed by atoms with E-state index in [1.165, 1.54) is 12.1 Å². The monoisotopic (exact) mass is 476 g/mol. The van der Waals surface area contributed by atoms with Crippen LogP contribution < -0.4 is 10.1 Å². The Balaban J connectivity index is 1.80. The van der Waals surface area contributed by atoms with Crippen LogP contribution in [0.15, 0.2) is 78.9 Å². The molecule has 0 spiro atoms. The number of hydrogen-bond acceptors (Lipinski definition) is 3. The summed E-state index contributed by atoms with van der Waals surface area (Å²) in [6, 6.07) is 22.7. The molecule has 0 aliphatic carbocycles. The zero-order valence-electron chi connectivity index (χ0n) is 20.5. The molecule has 0 bridgehead atoms. The van der Waals surface area contributed by atoms with Crippen LogP contribution >= 0.6 is 0 Å². The molecular formula is C29H33FN2O3. The van der Waals surface area contributed by atoms with Crippen molar-refractivity contribution in [3.05, 3.63) is 101 Å². The van der Waals surface area contributed by atoms with Gasteiger partial charge in [-0.25, -0.2) is 4.39 Å². The maximum absolute atomic E-state index is 13.5. The number of hydrogen-bond donors (Lipinski definition) is 1. The van der Waals surface area contributed by atoms with Gasteiger partial charge >= 0.3 is 0 Å². The van der Waals surface area contributed by atoms with Crippen molar-refractivity contribution in [2.75, 3.05) is 13.7 Å². The molecule has 3 aromatic carbocycles. The van der Waals surface area contributed by atoms with Gasteiger partial charge in [-0.1, -0.05) is 68.4 Å². The van der Waals surface area contributed by atoms with Crippen LogP contribution in [0.1, 0.15) is 30.5 Å². The first kappa shape index (κ1) is 25.9. The zero-order chi connectivity index (χ0) is 25.2. The van der Waals surface area contributed by atoms with Crippen molar-refractivity contribution in [1.82, 2.24) is 10.2 Å². The molecule has 1 atom stereocenters. The Morgan fingerprint density at radius 3 is 2.11 bits per heavy atom. The lowest BCUT2D eigenvalue weighted by Gasteiger charge is -2.33. The molecule has 5 nitrogen and oxygen atoms in total. The summed E-state index contributed by atoms with van der Waals surface area (Å²) >= 11 is 0. The Bertz CT molecular complexity index is 1080. The maximum atomic E-state index is 13.5. The first-order valence-electron chi connectivity index (χ1n) is 11.9. The predicted octanol–water partition coefficient (Wildman–Crippen LogP) is 4.79.